The fourth-order valence-electron chi connectivity index (χ4n) is 5.07. The Kier molecular flexibility index (Phi) is 6.89. The van der Waals surface area contributed by atoms with Crippen molar-refractivity contribution in [3.8, 4) is 0 Å². The van der Waals surface area contributed by atoms with E-state index in [9.17, 15) is 18.0 Å². The zero-order valence-corrected chi connectivity index (χ0v) is 19.3. The molecule has 1 aliphatic carbocycles. The van der Waals surface area contributed by atoms with Gasteiger partial charge in [-0.05, 0) is 31.4 Å². The fourth-order valence-corrected chi connectivity index (χ4v) is 7.00. The minimum atomic E-state index is -3.05. The van der Waals surface area contributed by atoms with Crippen molar-refractivity contribution in [3.63, 3.8) is 0 Å². The van der Waals surface area contributed by atoms with Crippen LogP contribution < -0.4 is 0 Å². The lowest BCUT2D eigenvalue weighted by molar-refractivity contribution is -0.137. The normalized spacial score (nSPS) is 24.4. The van der Waals surface area contributed by atoms with Crippen LogP contribution in [0.5, 0.6) is 0 Å². The standard InChI is InChI=1S/C22H30ClN3O4S/c23-20-8-4-3-7-19(20)22(28)25-12-10-24(11-13-25)15-21(27)26(17-5-1-2-6-17)18-9-14-31(29,30)16-18/h3-4,7-8,17-18H,1-2,5-6,9-16H2/t18-/m0/s1. The van der Waals surface area contributed by atoms with Crippen molar-refractivity contribution in [3.05, 3.63) is 34.9 Å². The SMILES string of the molecule is O=C(c1ccccc1Cl)N1CCN(CC(=O)N(C2CCCC2)[C@H]2CCS(=O)(=O)C2)CC1. The highest BCUT2D eigenvalue weighted by Gasteiger charge is 2.39. The predicted molar refractivity (Wildman–Crippen MR) is 120 cm³/mol. The maximum atomic E-state index is 13.3. The molecule has 0 radical (unpaired) electrons. The summed E-state index contributed by atoms with van der Waals surface area (Å²) in [5, 5.41) is 0.448. The molecule has 3 aliphatic rings. The van der Waals surface area contributed by atoms with Crippen molar-refractivity contribution >= 4 is 33.3 Å². The number of hydrogen-bond donors (Lipinski definition) is 0. The molecule has 0 unspecified atom stereocenters. The molecule has 2 aliphatic heterocycles. The molecule has 2 heterocycles. The summed E-state index contributed by atoms with van der Waals surface area (Å²) in [6, 6.07) is 7.02. The Bertz CT molecular complexity index is 924. The molecule has 9 heteroatoms. The van der Waals surface area contributed by atoms with Crippen molar-refractivity contribution in [2.75, 3.05) is 44.2 Å². The van der Waals surface area contributed by atoms with E-state index in [1.54, 1.807) is 29.2 Å². The topological polar surface area (TPSA) is 78.0 Å². The molecule has 3 fully saturated rings. The van der Waals surface area contributed by atoms with Crippen LogP contribution >= 0.6 is 11.6 Å². The number of carbonyl (C=O) groups is 2. The first-order chi connectivity index (χ1) is 14.8. The summed E-state index contributed by atoms with van der Waals surface area (Å²) in [6.07, 6.45) is 4.66. The lowest BCUT2D eigenvalue weighted by Crippen LogP contribution is -2.54. The number of nitrogens with zero attached hydrogens (tertiary/aromatic N) is 3. The van der Waals surface area contributed by atoms with Crippen LogP contribution in [0.4, 0.5) is 0 Å². The third kappa shape index (κ3) is 5.23. The highest BCUT2D eigenvalue weighted by molar-refractivity contribution is 7.91. The Balaban J connectivity index is 1.36. The maximum absolute atomic E-state index is 13.3. The van der Waals surface area contributed by atoms with Gasteiger partial charge in [-0.25, -0.2) is 8.42 Å². The monoisotopic (exact) mass is 467 g/mol. The van der Waals surface area contributed by atoms with E-state index in [1.165, 1.54) is 0 Å². The van der Waals surface area contributed by atoms with E-state index in [2.05, 4.69) is 4.90 Å². The first-order valence-electron chi connectivity index (χ1n) is 11.1. The molecule has 1 aromatic rings. The van der Waals surface area contributed by atoms with Crippen molar-refractivity contribution < 1.29 is 18.0 Å². The van der Waals surface area contributed by atoms with E-state index < -0.39 is 9.84 Å². The minimum absolute atomic E-state index is 0.0277. The summed E-state index contributed by atoms with van der Waals surface area (Å²) >= 11 is 6.16. The number of carbonyl (C=O) groups excluding carboxylic acids is 2. The van der Waals surface area contributed by atoms with E-state index >= 15 is 0 Å². The molecule has 170 valence electrons. The second-order valence-electron chi connectivity index (χ2n) is 8.84. The Morgan fingerprint density at radius 2 is 1.68 bits per heavy atom. The lowest BCUT2D eigenvalue weighted by Gasteiger charge is -2.38. The Labute approximate surface area is 189 Å². The quantitative estimate of drug-likeness (QED) is 0.662. The van der Waals surface area contributed by atoms with E-state index in [0.29, 0.717) is 43.2 Å². The zero-order valence-electron chi connectivity index (χ0n) is 17.7. The zero-order chi connectivity index (χ0) is 22.0. The van der Waals surface area contributed by atoms with Gasteiger partial charge in [0, 0.05) is 38.3 Å². The predicted octanol–water partition coefficient (Wildman–Crippen LogP) is 2.06. The smallest absolute Gasteiger partial charge is 0.255 e. The van der Waals surface area contributed by atoms with Crippen LogP contribution in [-0.2, 0) is 14.6 Å². The molecular formula is C22H30ClN3O4S. The van der Waals surface area contributed by atoms with Crippen molar-refractivity contribution in [1.82, 2.24) is 14.7 Å². The summed E-state index contributed by atoms with van der Waals surface area (Å²) in [5.74, 6) is 0.215. The van der Waals surface area contributed by atoms with Crippen molar-refractivity contribution in [2.45, 2.75) is 44.2 Å². The highest BCUT2D eigenvalue weighted by Crippen LogP contribution is 2.29. The molecule has 0 aromatic heterocycles. The fraction of sp³-hybridized carbons (Fsp3) is 0.636. The van der Waals surface area contributed by atoms with Gasteiger partial charge in [-0.15, -0.1) is 0 Å². The van der Waals surface area contributed by atoms with Gasteiger partial charge in [0.1, 0.15) is 0 Å². The summed E-state index contributed by atoms with van der Waals surface area (Å²) in [7, 11) is -3.05. The van der Waals surface area contributed by atoms with E-state index in [0.717, 1.165) is 25.7 Å². The number of amides is 2. The van der Waals surface area contributed by atoms with E-state index in [1.807, 2.05) is 4.90 Å². The molecule has 1 atom stereocenters. The van der Waals surface area contributed by atoms with Gasteiger partial charge in [-0.1, -0.05) is 36.6 Å². The molecule has 0 bridgehead atoms. The maximum Gasteiger partial charge on any atom is 0.255 e. The number of hydrogen-bond acceptors (Lipinski definition) is 5. The van der Waals surface area contributed by atoms with Gasteiger partial charge in [-0.2, -0.15) is 0 Å². The molecule has 2 amide bonds. The van der Waals surface area contributed by atoms with E-state index in [4.69, 9.17) is 11.6 Å². The number of sulfone groups is 1. The Morgan fingerprint density at radius 3 is 2.29 bits per heavy atom. The van der Waals surface area contributed by atoms with Crippen LogP contribution in [0.3, 0.4) is 0 Å². The summed E-state index contributed by atoms with van der Waals surface area (Å²) in [5.41, 5.74) is 0.503. The molecule has 2 saturated heterocycles. The van der Waals surface area contributed by atoms with Gasteiger partial charge in [0.2, 0.25) is 5.91 Å². The summed E-state index contributed by atoms with van der Waals surface area (Å²) < 4.78 is 24.0. The van der Waals surface area contributed by atoms with Gasteiger partial charge in [-0.3, -0.25) is 14.5 Å². The largest absolute Gasteiger partial charge is 0.336 e. The van der Waals surface area contributed by atoms with Gasteiger partial charge in [0.05, 0.1) is 28.6 Å². The molecule has 0 N–H and O–H groups in total. The number of piperazine rings is 1. The van der Waals surface area contributed by atoms with Gasteiger partial charge in [0.15, 0.2) is 9.84 Å². The lowest BCUT2D eigenvalue weighted by atomic mass is 10.1. The van der Waals surface area contributed by atoms with Crippen LogP contribution in [0, 0.1) is 0 Å². The van der Waals surface area contributed by atoms with Crippen molar-refractivity contribution in [1.29, 1.82) is 0 Å². The average Bonchev–Trinajstić information content (AvgIpc) is 3.38. The molecule has 1 aromatic carbocycles. The first kappa shape index (κ1) is 22.6. The molecule has 7 nitrogen and oxygen atoms in total. The number of benzene rings is 1. The van der Waals surface area contributed by atoms with Crippen LogP contribution in [0.15, 0.2) is 24.3 Å². The Morgan fingerprint density at radius 1 is 1.00 bits per heavy atom. The van der Waals surface area contributed by atoms with Crippen molar-refractivity contribution in [2.24, 2.45) is 0 Å². The van der Waals surface area contributed by atoms with Crippen LogP contribution in [-0.4, -0.2) is 91.2 Å². The second kappa shape index (κ2) is 9.46. The molecule has 1 saturated carbocycles. The van der Waals surface area contributed by atoms with Crippen LogP contribution in [0.2, 0.25) is 5.02 Å². The summed E-state index contributed by atoms with van der Waals surface area (Å²) in [6.45, 7) is 2.59. The third-order valence-electron chi connectivity index (χ3n) is 6.73. The van der Waals surface area contributed by atoms with Crippen LogP contribution in [0.1, 0.15) is 42.5 Å². The van der Waals surface area contributed by atoms with Gasteiger partial charge in [0.25, 0.3) is 5.91 Å². The first-order valence-corrected chi connectivity index (χ1v) is 13.3. The van der Waals surface area contributed by atoms with E-state index in [-0.39, 0.29) is 41.9 Å². The number of rotatable bonds is 5. The molecule has 0 spiro atoms. The minimum Gasteiger partial charge on any atom is -0.336 e. The number of halogens is 1. The average molecular weight is 468 g/mol. The molecule has 31 heavy (non-hydrogen) atoms. The third-order valence-corrected chi connectivity index (χ3v) is 8.81. The molecule has 4 rings (SSSR count). The van der Waals surface area contributed by atoms with Gasteiger partial charge < -0.3 is 9.80 Å². The second-order valence-corrected chi connectivity index (χ2v) is 11.5. The summed E-state index contributed by atoms with van der Waals surface area (Å²) in [4.78, 5) is 31.8. The van der Waals surface area contributed by atoms with Gasteiger partial charge >= 0.3 is 0 Å². The molecular weight excluding hydrogens is 438 g/mol. The highest BCUT2D eigenvalue weighted by atomic mass is 35.5. The Hall–Kier alpha value is -1.64. The van der Waals surface area contributed by atoms with Crippen LogP contribution in [0.25, 0.3) is 0 Å².